The first kappa shape index (κ1) is 36.5. The zero-order valence-electron chi connectivity index (χ0n) is 26.6. The number of rotatable bonds is 19. The quantitative estimate of drug-likeness (QED) is 0.0624. The number of amides is 2. The van der Waals surface area contributed by atoms with E-state index in [-0.39, 0.29) is 54.0 Å². The first-order chi connectivity index (χ1) is 22.5. The van der Waals surface area contributed by atoms with Gasteiger partial charge in [0, 0.05) is 19.4 Å². The number of unbranched alkanes of at least 4 members (excludes halogenated alkanes) is 2. The fourth-order valence-electron chi connectivity index (χ4n) is 4.17. The molecule has 15 heteroatoms. The molecule has 0 aliphatic rings. The van der Waals surface area contributed by atoms with Crippen molar-refractivity contribution in [2.75, 3.05) is 20.3 Å². The van der Waals surface area contributed by atoms with Gasteiger partial charge in [0.2, 0.25) is 11.8 Å². The Bertz CT molecular complexity index is 1620. The Hall–Kier alpha value is -4.92. The number of carbonyl (C=O) groups is 3. The van der Waals surface area contributed by atoms with Crippen LogP contribution in [0.25, 0.3) is 0 Å². The minimum Gasteiger partial charge on any atom is -0.493 e. The van der Waals surface area contributed by atoms with Crippen LogP contribution in [0.4, 0.5) is 0 Å². The van der Waals surface area contributed by atoms with Gasteiger partial charge in [-0.05, 0) is 59.9 Å². The third kappa shape index (κ3) is 11.7. The van der Waals surface area contributed by atoms with E-state index in [1.807, 2.05) is 0 Å². The maximum absolute atomic E-state index is 12.8. The van der Waals surface area contributed by atoms with Crippen LogP contribution in [0.5, 0.6) is 17.4 Å². The van der Waals surface area contributed by atoms with Crippen molar-refractivity contribution >= 4 is 27.6 Å². The SMILES string of the molecule is COc1cc(CNC(=O)CCCC/C=C/C(C)C)ccc1OC(=O)CCC(=O)NCCOc1no[n+]([O-])c1S(=O)(=O)c1ccccc1. The van der Waals surface area contributed by atoms with Crippen LogP contribution in [0.2, 0.25) is 0 Å². The van der Waals surface area contributed by atoms with Crippen LogP contribution in [-0.2, 0) is 30.8 Å². The fourth-order valence-corrected chi connectivity index (χ4v) is 5.46. The van der Waals surface area contributed by atoms with Crippen LogP contribution >= 0.6 is 0 Å². The molecule has 0 aliphatic carbocycles. The molecule has 2 N–H and O–H groups in total. The van der Waals surface area contributed by atoms with Crippen molar-refractivity contribution in [2.24, 2.45) is 5.92 Å². The number of methoxy groups -OCH3 is 1. The molecule has 2 amide bonds. The first-order valence-corrected chi connectivity index (χ1v) is 16.6. The molecule has 0 saturated heterocycles. The number of hydrogen-bond acceptors (Lipinski definition) is 11. The lowest BCUT2D eigenvalue weighted by Gasteiger charge is -2.12. The molecule has 1 heterocycles. The standard InChI is InChI=1S/C32H40N4O10S/c1-23(2)11-7-4-5-10-14-28(37)34-22-24-15-16-26(27(21-24)43-3)45-30(39)18-17-29(38)33-19-20-44-31-32(36(40)46-35-31)47(41,42)25-12-8-6-9-13-25/h6-9,11-13,15-16,21,23H,4-5,10,14,17-20,22H2,1-3H3,(H,33,38)(H,34,37)/b11-7+. The van der Waals surface area contributed by atoms with E-state index in [0.29, 0.717) is 18.1 Å². The molecule has 3 aromatic rings. The third-order valence-electron chi connectivity index (χ3n) is 6.56. The number of aromatic nitrogens is 2. The number of benzene rings is 2. The van der Waals surface area contributed by atoms with Gasteiger partial charge >= 0.3 is 16.9 Å². The molecule has 254 valence electrons. The van der Waals surface area contributed by atoms with Gasteiger partial charge in [0.1, 0.15) is 6.61 Å². The first-order valence-electron chi connectivity index (χ1n) is 15.1. The summed E-state index contributed by atoms with van der Waals surface area (Å²) in [5.74, 6) is -0.781. The number of nitrogens with one attached hydrogen (secondary N) is 2. The molecule has 3 rings (SSSR count). The summed E-state index contributed by atoms with van der Waals surface area (Å²) in [7, 11) is -2.85. The van der Waals surface area contributed by atoms with Gasteiger partial charge < -0.3 is 30.1 Å². The summed E-state index contributed by atoms with van der Waals surface area (Å²) in [5.41, 5.74) is 0.761. The Morgan fingerprint density at radius 3 is 2.47 bits per heavy atom. The highest BCUT2D eigenvalue weighted by Crippen LogP contribution is 2.29. The lowest BCUT2D eigenvalue weighted by Crippen LogP contribution is -2.31. The van der Waals surface area contributed by atoms with Crippen LogP contribution < -0.4 is 29.7 Å². The second kappa shape index (κ2) is 18.3. The molecule has 0 radical (unpaired) electrons. The van der Waals surface area contributed by atoms with Gasteiger partial charge in [-0.3, -0.25) is 19.0 Å². The highest BCUT2D eigenvalue weighted by molar-refractivity contribution is 7.91. The van der Waals surface area contributed by atoms with E-state index in [1.165, 1.54) is 31.4 Å². The van der Waals surface area contributed by atoms with Crippen molar-refractivity contribution in [1.29, 1.82) is 0 Å². The number of nitrogens with zero attached hydrogens (tertiary/aromatic N) is 2. The van der Waals surface area contributed by atoms with Crippen molar-refractivity contribution in [3.8, 4) is 17.4 Å². The number of allylic oxidation sites excluding steroid dienone is 2. The van der Waals surface area contributed by atoms with Crippen molar-refractivity contribution in [3.63, 3.8) is 0 Å². The van der Waals surface area contributed by atoms with Gasteiger partial charge in [-0.2, -0.15) is 0 Å². The Labute approximate surface area is 273 Å². The van der Waals surface area contributed by atoms with Crippen molar-refractivity contribution in [2.45, 2.75) is 68.8 Å². The number of ether oxygens (including phenoxy) is 3. The van der Waals surface area contributed by atoms with E-state index < -0.39 is 32.6 Å². The molecular weight excluding hydrogens is 632 g/mol. The van der Waals surface area contributed by atoms with Crippen LogP contribution in [0.1, 0.15) is 57.9 Å². The maximum Gasteiger partial charge on any atom is 0.415 e. The van der Waals surface area contributed by atoms with Crippen LogP contribution in [-0.4, -0.2) is 51.6 Å². The summed E-state index contributed by atoms with van der Waals surface area (Å²) < 4.78 is 46.0. The molecular formula is C32H40N4O10S. The zero-order valence-corrected chi connectivity index (χ0v) is 27.4. The van der Waals surface area contributed by atoms with Gasteiger partial charge in [-0.15, -0.1) is 0 Å². The summed E-state index contributed by atoms with van der Waals surface area (Å²) in [6, 6.07) is 12.1. The van der Waals surface area contributed by atoms with Crippen LogP contribution in [0.15, 0.2) is 75.2 Å². The number of esters is 1. The molecule has 0 unspecified atom stereocenters. The van der Waals surface area contributed by atoms with Crippen molar-refractivity contribution in [3.05, 3.63) is 71.5 Å². The molecule has 0 saturated carbocycles. The summed E-state index contributed by atoms with van der Waals surface area (Å²) in [5, 5.41) is 19.9. The summed E-state index contributed by atoms with van der Waals surface area (Å²) in [4.78, 5) is 36.4. The highest BCUT2D eigenvalue weighted by atomic mass is 32.2. The van der Waals surface area contributed by atoms with Gasteiger partial charge in [-0.25, -0.2) is 8.42 Å². The van der Waals surface area contributed by atoms with Crippen molar-refractivity contribution < 1.29 is 46.5 Å². The number of sulfone groups is 1. The monoisotopic (exact) mass is 672 g/mol. The molecule has 0 aliphatic heterocycles. The molecule has 47 heavy (non-hydrogen) atoms. The van der Waals surface area contributed by atoms with Gasteiger partial charge in [-0.1, -0.05) is 50.3 Å². The zero-order chi connectivity index (χ0) is 34.2. The molecule has 2 aromatic carbocycles. The third-order valence-corrected chi connectivity index (χ3v) is 8.29. The van der Waals surface area contributed by atoms with Gasteiger partial charge in [0.15, 0.2) is 11.5 Å². The Kier molecular flexibility index (Phi) is 14.2. The minimum atomic E-state index is -4.27. The predicted octanol–water partition coefficient (Wildman–Crippen LogP) is 3.42. The van der Waals surface area contributed by atoms with Crippen LogP contribution in [0.3, 0.4) is 0 Å². The molecule has 0 fully saturated rings. The molecule has 14 nitrogen and oxygen atoms in total. The lowest BCUT2D eigenvalue weighted by molar-refractivity contribution is -0.832. The van der Waals surface area contributed by atoms with E-state index in [4.69, 9.17) is 14.2 Å². The lowest BCUT2D eigenvalue weighted by atomic mass is 10.1. The van der Waals surface area contributed by atoms with E-state index in [2.05, 4.69) is 46.4 Å². The smallest absolute Gasteiger partial charge is 0.415 e. The summed E-state index contributed by atoms with van der Waals surface area (Å²) in [6.45, 7) is 4.22. The summed E-state index contributed by atoms with van der Waals surface area (Å²) >= 11 is 0. The largest absolute Gasteiger partial charge is 0.493 e. The average Bonchev–Trinajstić information content (AvgIpc) is 3.44. The molecule has 1 aromatic heterocycles. The van der Waals surface area contributed by atoms with E-state index in [9.17, 15) is 28.0 Å². The summed E-state index contributed by atoms with van der Waals surface area (Å²) in [6.07, 6.45) is 6.99. The Balaban J connectivity index is 1.38. The highest BCUT2D eigenvalue weighted by Gasteiger charge is 2.35. The number of hydrogen-bond donors (Lipinski definition) is 2. The molecule has 0 atom stereocenters. The van der Waals surface area contributed by atoms with E-state index in [1.54, 1.807) is 24.3 Å². The van der Waals surface area contributed by atoms with Crippen molar-refractivity contribution in [1.82, 2.24) is 15.8 Å². The van der Waals surface area contributed by atoms with Gasteiger partial charge in [0.25, 0.3) is 9.84 Å². The molecule has 0 spiro atoms. The Morgan fingerprint density at radius 2 is 1.74 bits per heavy atom. The Morgan fingerprint density at radius 1 is 1.00 bits per heavy atom. The second-order valence-electron chi connectivity index (χ2n) is 10.7. The number of carbonyl (C=O) groups excluding carboxylic acids is 3. The minimum absolute atomic E-state index is 0.0494. The van der Waals surface area contributed by atoms with Crippen LogP contribution in [0, 0.1) is 11.1 Å². The predicted molar refractivity (Wildman–Crippen MR) is 168 cm³/mol. The van der Waals surface area contributed by atoms with E-state index >= 15 is 0 Å². The normalized spacial score (nSPS) is 11.4. The maximum atomic E-state index is 12.8. The van der Waals surface area contributed by atoms with Gasteiger partial charge in [0.05, 0.1) is 30.1 Å². The fraction of sp³-hybridized carbons (Fsp3) is 0.406. The molecule has 0 bridgehead atoms. The topological polar surface area (TPSA) is 190 Å². The second-order valence-corrected chi connectivity index (χ2v) is 12.6. The average molecular weight is 673 g/mol. The van der Waals surface area contributed by atoms with E-state index in [0.717, 1.165) is 24.8 Å².